The van der Waals surface area contributed by atoms with Gasteiger partial charge in [0.2, 0.25) is 0 Å². The number of rotatable bonds is 12. The molecule has 7 nitrogen and oxygen atoms in total. The summed E-state index contributed by atoms with van der Waals surface area (Å²) in [4.78, 5) is 30.6. The van der Waals surface area contributed by atoms with E-state index in [4.69, 9.17) is 0 Å². The molecule has 3 aromatic rings. The van der Waals surface area contributed by atoms with Crippen molar-refractivity contribution >= 4 is 46.3 Å². The van der Waals surface area contributed by atoms with E-state index >= 15 is 0 Å². The zero-order valence-corrected chi connectivity index (χ0v) is 24.0. The molecule has 0 unspecified atom stereocenters. The number of nitrogens with one attached hydrogen (secondary N) is 2. The minimum atomic E-state index is -0.491. The first-order valence-corrected chi connectivity index (χ1v) is 13.6. The first kappa shape index (κ1) is 29.4. The lowest BCUT2D eigenvalue weighted by Crippen LogP contribution is -2.32. The molecule has 0 heterocycles. The Labute approximate surface area is 237 Å². The molecule has 0 aliphatic rings. The minimum absolute atomic E-state index is 0.272. The second-order valence-electron chi connectivity index (χ2n) is 8.86. The van der Waals surface area contributed by atoms with Gasteiger partial charge in [0.05, 0.1) is 17.5 Å². The Balaban J connectivity index is 1.67. The highest BCUT2D eigenvalue weighted by Crippen LogP contribution is 2.20. The third kappa shape index (κ3) is 9.00. The topological polar surface area (TPSA) is 77.0 Å². The Morgan fingerprint density at radius 2 is 1.74 bits per heavy atom. The quantitative estimate of drug-likeness (QED) is 0.164. The van der Waals surface area contributed by atoms with Gasteiger partial charge in [0.25, 0.3) is 11.8 Å². The lowest BCUT2D eigenvalue weighted by atomic mass is 10.1. The number of benzene rings is 3. The number of nitrogens with zero attached hydrogens (tertiary/aromatic N) is 3. The predicted molar refractivity (Wildman–Crippen MR) is 159 cm³/mol. The fraction of sp³-hybridized carbons (Fsp3) is 0.276. The van der Waals surface area contributed by atoms with Crippen molar-refractivity contribution in [2.75, 3.05) is 38.5 Å². The molecule has 0 radical (unpaired) electrons. The molecule has 0 saturated carbocycles. The summed E-state index contributed by atoms with van der Waals surface area (Å²) in [6, 6.07) is 18.5. The van der Waals surface area contributed by atoms with Gasteiger partial charge in [-0.1, -0.05) is 38.1 Å². The normalized spacial score (nSPS) is 11.3. The van der Waals surface area contributed by atoms with Crippen molar-refractivity contribution < 1.29 is 14.0 Å². The fourth-order valence-electron chi connectivity index (χ4n) is 3.87. The van der Waals surface area contributed by atoms with Crippen molar-refractivity contribution in [3.8, 4) is 0 Å². The van der Waals surface area contributed by atoms with Gasteiger partial charge in [0, 0.05) is 28.8 Å². The molecule has 3 aromatic carbocycles. The molecule has 0 aromatic heterocycles. The third-order valence-electron chi connectivity index (χ3n) is 6.04. The highest BCUT2D eigenvalue weighted by molar-refractivity contribution is 14.1. The van der Waals surface area contributed by atoms with Gasteiger partial charge in [-0.05, 0) is 96.3 Å². The molecule has 200 valence electrons. The third-order valence-corrected chi connectivity index (χ3v) is 6.71. The SMILES string of the molecule is CCN(CC)CCN(C)Cc1cccc(C(=O)Nc2ccc(I)cc2C(=O)NN=Cc2cccc(F)c2)c1. The molecule has 3 rings (SSSR count). The van der Waals surface area contributed by atoms with Crippen molar-refractivity contribution in [3.63, 3.8) is 0 Å². The van der Waals surface area contributed by atoms with Gasteiger partial charge < -0.3 is 15.1 Å². The summed E-state index contributed by atoms with van der Waals surface area (Å²) in [6.07, 6.45) is 1.36. The van der Waals surface area contributed by atoms with Gasteiger partial charge in [0.1, 0.15) is 5.82 Å². The maximum atomic E-state index is 13.4. The smallest absolute Gasteiger partial charge is 0.273 e. The van der Waals surface area contributed by atoms with Crippen LogP contribution in [0, 0.1) is 9.39 Å². The molecular weight excluding hydrogens is 596 g/mol. The Hall–Kier alpha value is -3.15. The standard InChI is InChI=1S/C29H33FIN5O2/c1-4-36(5-2)15-14-35(3)20-22-9-6-10-23(16-22)28(37)33-27-13-12-25(31)18-26(27)29(38)34-32-19-21-8-7-11-24(30)17-21/h6-13,16-19H,4-5,14-15,20H2,1-3H3,(H,33,37)(H,34,38). The zero-order chi connectivity index (χ0) is 27.5. The van der Waals surface area contributed by atoms with Crippen molar-refractivity contribution in [1.82, 2.24) is 15.2 Å². The Morgan fingerprint density at radius 1 is 0.974 bits per heavy atom. The monoisotopic (exact) mass is 629 g/mol. The van der Waals surface area contributed by atoms with E-state index < -0.39 is 11.7 Å². The summed E-state index contributed by atoms with van der Waals surface area (Å²) in [5.74, 6) is -1.19. The molecule has 0 aliphatic heterocycles. The van der Waals surface area contributed by atoms with Crippen LogP contribution in [0.3, 0.4) is 0 Å². The van der Waals surface area contributed by atoms with E-state index in [2.05, 4.69) is 69.1 Å². The minimum Gasteiger partial charge on any atom is -0.321 e. The molecule has 0 atom stereocenters. The number of carbonyl (C=O) groups is 2. The summed E-state index contributed by atoms with van der Waals surface area (Å²) in [6.45, 7) is 9.02. The Bertz CT molecular complexity index is 1280. The highest BCUT2D eigenvalue weighted by Gasteiger charge is 2.15. The van der Waals surface area contributed by atoms with Crippen molar-refractivity contribution in [1.29, 1.82) is 0 Å². The summed E-state index contributed by atoms with van der Waals surface area (Å²) < 4.78 is 14.2. The molecule has 9 heteroatoms. The summed E-state index contributed by atoms with van der Waals surface area (Å²) in [7, 11) is 2.07. The number of amides is 2. The molecule has 0 saturated heterocycles. The van der Waals surface area contributed by atoms with E-state index in [0.717, 1.165) is 41.9 Å². The van der Waals surface area contributed by atoms with Crippen LogP contribution in [0.5, 0.6) is 0 Å². The van der Waals surface area contributed by atoms with E-state index in [9.17, 15) is 14.0 Å². The number of hydrogen-bond donors (Lipinski definition) is 2. The number of hydrazone groups is 1. The highest BCUT2D eigenvalue weighted by atomic mass is 127. The van der Waals surface area contributed by atoms with Crippen LogP contribution in [0.15, 0.2) is 71.8 Å². The zero-order valence-electron chi connectivity index (χ0n) is 21.9. The largest absolute Gasteiger partial charge is 0.321 e. The van der Waals surface area contributed by atoms with Crippen LogP contribution in [-0.2, 0) is 6.54 Å². The molecule has 0 spiro atoms. The van der Waals surface area contributed by atoms with Crippen LogP contribution in [0.4, 0.5) is 10.1 Å². The Kier molecular flexibility index (Phi) is 11.4. The van der Waals surface area contributed by atoms with Crippen LogP contribution in [-0.4, -0.2) is 61.1 Å². The second kappa shape index (κ2) is 14.7. The summed E-state index contributed by atoms with van der Waals surface area (Å²) >= 11 is 2.10. The van der Waals surface area contributed by atoms with E-state index in [-0.39, 0.29) is 11.5 Å². The Morgan fingerprint density at radius 3 is 2.47 bits per heavy atom. The molecular formula is C29H33FIN5O2. The molecule has 2 amide bonds. The molecule has 0 fully saturated rings. The first-order valence-electron chi connectivity index (χ1n) is 12.5. The lowest BCUT2D eigenvalue weighted by molar-refractivity contribution is 0.0956. The fourth-order valence-corrected chi connectivity index (χ4v) is 4.37. The summed E-state index contributed by atoms with van der Waals surface area (Å²) in [5.41, 5.74) is 5.15. The number of hydrogen-bond acceptors (Lipinski definition) is 5. The van der Waals surface area contributed by atoms with E-state index in [1.54, 1.807) is 30.3 Å². The van der Waals surface area contributed by atoms with Gasteiger partial charge in [-0.2, -0.15) is 5.10 Å². The predicted octanol–water partition coefficient (Wildman–Crippen LogP) is 5.22. The van der Waals surface area contributed by atoms with E-state index in [0.29, 0.717) is 16.8 Å². The van der Waals surface area contributed by atoms with Crippen LogP contribution in [0.25, 0.3) is 0 Å². The van der Waals surface area contributed by atoms with Crippen LogP contribution in [0.1, 0.15) is 45.7 Å². The van der Waals surface area contributed by atoms with E-state index in [1.165, 1.54) is 18.3 Å². The second-order valence-corrected chi connectivity index (χ2v) is 10.1. The molecule has 0 bridgehead atoms. The summed E-state index contributed by atoms with van der Waals surface area (Å²) in [5, 5.41) is 6.79. The van der Waals surface area contributed by atoms with Crippen LogP contribution >= 0.6 is 22.6 Å². The maximum absolute atomic E-state index is 13.4. The molecule has 0 aliphatic carbocycles. The average molecular weight is 630 g/mol. The lowest BCUT2D eigenvalue weighted by Gasteiger charge is -2.23. The van der Waals surface area contributed by atoms with Gasteiger partial charge in [-0.15, -0.1) is 0 Å². The van der Waals surface area contributed by atoms with E-state index in [1.807, 2.05) is 24.3 Å². The number of likely N-dealkylation sites (N-methyl/N-ethyl adjacent to an activating group) is 2. The average Bonchev–Trinajstić information content (AvgIpc) is 2.90. The maximum Gasteiger partial charge on any atom is 0.273 e. The molecule has 38 heavy (non-hydrogen) atoms. The van der Waals surface area contributed by atoms with Crippen molar-refractivity contribution in [3.05, 3.63) is 98.4 Å². The van der Waals surface area contributed by atoms with Gasteiger partial charge in [-0.25, -0.2) is 9.82 Å². The number of carbonyl (C=O) groups excluding carboxylic acids is 2. The number of halogens is 2. The first-order chi connectivity index (χ1) is 18.3. The van der Waals surface area contributed by atoms with Gasteiger partial charge >= 0.3 is 0 Å². The number of anilines is 1. The van der Waals surface area contributed by atoms with Gasteiger partial charge in [-0.3, -0.25) is 9.59 Å². The van der Waals surface area contributed by atoms with Crippen molar-refractivity contribution in [2.45, 2.75) is 20.4 Å². The van der Waals surface area contributed by atoms with Crippen LogP contribution in [0.2, 0.25) is 0 Å². The van der Waals surface area contributed by atoms with Crippen molar-refractivity contribution in [2.24, 2.45) is 5.10 Å². The molecule has 2 N–H and O–H groups in total. The van der Waals surface area contributed by atoms with Gasteiger partial charge in [0.15, 0.2) is 0 Å². The van der Waals surface area contributed by atoms with Crippen LogP contribution < -0.4 is 10.7 Å².